The van der Waals surface area contributed by atoms with Crippen LogP contribution in [0.2, 0.25) is 0 Å². The molecule has 0 aliphatic heterocycles. The number of nitrogen functional groups attached to an aromatic ring is 1. The summed E-state index contributed by atoms with van der Waals surface area (Å²) in [7, 11) is 1.71. The SMILES string of the molecule is CCN(CC(C)(C)O)C(=O)c1nn(C)cc1N. The second-order valence-electron chi connectivity index (χ2n) is 4.74. The maximum Gasteiger partial charge on any atom is 0.276 e. The summed E-state index contributed by atoms with van der Waals surface area (Å²) in [5.74, 6) is -0.257. The van der Waals surface area contributed by atoms with E-state index in [0.29, 0.717) is 12.2 Å². The first kappa shape index (κ1) is 13.5. The van der Waals surface area contributed by atoms with Crippen molar-refractivity contribution < 1.29 is 9.90 Å². The van der Waals surface area contributed by atoms with Crippen LogP contribution in [-0.2, 0) is 7.05 Å². The number of aliphatic hydroxyl groups is 1. The van der Waals surface area contributed by atoms with Gasteiger partial charge in [-0.15, -0.1) is 0 Å². The van der Waals surface area contributed by atoms with Gasteiger partial charge in [-0.2, -0.15) is 5.10 Å². The van der Waals surface area contributed by atoms with Crippen LogP contribution in [0.5, 0.6) is 0 Å². The van der Waals surface area contributed by atoms with Crippen LogP contribution in [0.1, 0.15) is 31.3 Å². The average Bonchev–Trinajstić information content (AvgIpc) is 2.52. The van der Waals surface area contributed by atoms with Crippen LogP contribution in [-0.4, -0.2) is 44.4 Å². The molecule has 3 N–H and O–H groups in total. The van der Waals surface area contributed by atoms with Gasteiger partial charge in [0.1, 0.15) is 0 Å². The zero-order valence-corrected chi connectivity index (χ0v) is 10.8. The lowest BCUT2D eigenvalue weighted by molar-refractivity contribution is 0.0312. The molecular weight excluding hydrogens is 220 g/mol. The molecule has 6 heteroatoms. The number of hydrogen-bond acceptors (Lipinski definition) is 4. The largest absolute Gasteiger partial charge is 0.396 e. The summed E-state index contributed by atoms with van der Waals surface area (Å²) in [4.78, 5) is 13.7. The molecule has 0 spiro atoms. The molecule has 17 heavy (non-hydrogen) atoms. The summed E-state index contributed by atoms with van der Waals surface area (Å²) in [6.45, 7) is 5.91. The highest BCUT2D eigenvalue weighted by atomic mass is 16.3. The van der Waals surface area contributed by atoms with Gasteiger partial charge in [-0.1, -0.05) is 0 Å². The summed E-state index contributed by atoms with van der Waals surface area (Å²) < 4.78 is 1.50. The fourth-order valence-corrected chi connectivity index (χ4v) is 1.62. The van der Waals surface area contributed by atoms with Crippen LogP contribution in [0.25, 0.3) is 0 Å². The van der Waals surface area contributed by atoms with Crippen molar-refractivity contribution in [2.45, 2.75) is 26.4 Å². The third-order valence-corrected chi connectivity index (χ3v) is 2.31. The Kier molecular flexibility index (Phi) is 3.77. The lowest BCUT2D eigenvalue weighted by Gasteiger charge is -2.27. The fraction of sp³-hybridized carbons (Fsp3) is 0.636. The Balaban J connectivity index is 2.90. The van der Waals surface area contributed by atoms with Gasteiger partial charge in [0, 0.05) is 26.3 Å². The van der Waals surface area contributed by atoms with Gasteiger partial charge in [-0.25, -0.2) is 0 Å². The summed E-state index contributed by atoms with van der Waals surface area (Å²) >= 11 is 0. The number of rotatable bonds is 4. The van der Waals surface area contributed by atoms with E-state index in [1.165, 1.54) is 9.58 Å². The first-order valence-corrected chi connectivity index (χ1v) is 5.55. The van der Waals surface area contributed by atoms with Gasteiger partial charge in [0.2, 0.25) is 0 Å². The van der Waals surface area contributed by atoms with Crippen LogP contribution in [0.3, 0.4) is 0 Å². The monoisotopic (exact) mass is 240 g/mol. The topological polar surface area (TPSA) is 84.4 Å². The van der Waals surface area contributed by atoms with Gasteiger partial charge in [0.05, 0.1) is 11.3 Å². The number of aromatic nitrogens is 2. The van der Waals surface area contributed by atoms with Crippen molar-refractivity contribution in [2.75, 3.05) is 18.8 Å². The molecule has 0 radical (unpaired) electrons. The number of nitrogens with two attached hydrogens (primary N) is 1. The second-order valence-corrected chi connectivity index (χ2v) is 4.74. The molecule has 1 aromatic rings. The normalized spacial score (nSPS) is 11.6. The van der Waals surface area contributed by atoms with Crippen molar-refractivity contribution in [2.24, 2.45) is 7.05 Å². The molecule has 0 aliphatic rings. The molecule has 0 unspecified atom stereocenters. The maximum absolute atomic E-state index is 12.1. The molecule has 1 amide bonds. The van der Waals surface area contributed by atoms with Gasteiger partial charge in [0.25, 0.3) is 5.91 Å². The number of aryl methyl sites for hydroxylation is 1. The third-order valence-electron chi connectivity index (χ3n) is 2.31. The van der Waals surface area contributed by atoms with E-state index in [0.717, 1.165) is 0 Å². The number of hydrogen-bond donors (Lipinski definition) is 2. The van der Waals surface area contributed by atoms with Gasteiger partial charge < -0.3 is 15.7 Å². The number of amides is 1. The minimum Gasteiger partial charge on any atom is -0.396 e. The van der Waals surface area contributed by atoms with E-state index >= 15 is 0 Å². The van der Waals surface area contributed by atoms with Gasteiger partial charge in [-0.05, 0) is 20.8 Å². The van der Waals surface area contributed by atoms with Gasteiger partial charge >= 0.3 is 0 Å². The van der Waals surface area contributed by atoms with E-state index in [9.17, 15) is 9.90 Å². The number of likely N-dealkylation sites (N-methyl/N-ethyl adjacent to an activating group) is 1. The molecule has 1 heterocycles. The van der Waals surface area contributed by atoms with Crippen LogP contribution in [0.4, 0.5) is 5.69 Å². The van der Waals surface area contributed by atoms with Crippen LogP contribution in [0.15, 0.2) is 6.20 Å². The second kappa shape index (κ2) is 4.75. The lowest BCUT2D eigenvalue weighted by atomic mass is 10.1. The van der Waals surface area contributed by atoms with E-state index in [2.05, 4.69) is 5.10 Å². The molecule has 6 nitrogen and oxygen atoms in total. The minimum absolute atomic E-state index is 0.235. The molecule has 0 aromatic carbocycles. The molecule has 0 saturated heterocycles. The predicted molar refractivity (Wildman–Crippen MR) is 65.5 cm³/mol. The van der Waals surface area contributed by atoms with E-state index in [-0.39, 0.29) is 18.1 Å². The number of anilines is 1. The number of carbonyl (C=O) groups is 1. The van der Waals surface area contributed by atoms with Crippen LogP contribution >= 0.6 is 0 Å². The van der Waals surface area contributed by atoms with E-state index < -0.39 is 5.60 Å². The molecule has 0 aliphatic carbocycles. The zero-order valence-electron chi connectivity index (χ0n) is 10.8. The molecule has 0 bridgehead atoms. The summed E-state index contributed by atoms with van der Waals surface area (Å²) in [5, 5.41) is 13.8. The fourth-order valence-electron chi connectivity index (χ4n) is 1.62. The molecule has 0 fully saturated rings. The van der Waals surface area contributed by atoms with E-state index in [4.69, 9.17) is 5.73 Å². The van der Waals surface area contributed by atoms with Crippen molar-refractivity contribution in [3.63, 3.8) is 0 Å². The first-order chi connectivity index (χ1) is 7.74. The summed E-state index contributed by atoms with van der Waals surface area (Å²) in [6.07, 6.45) is 1.59. The lowest BCUT2D eigenvalue weighted by Crippen LogP contribution is -2.42. The molecule has 0 atom stereocenters. The maximum atomic E-state index is 12.1. The average molecular weight is 240 g/mol. The Morgan fingerprint density at radius 2 is 2.24 bits per heavy atom. The highest BCUT2D eigenvalue weighted by Crippen LogP contribution is 2.13. The Hall–Kier alpha value is -1.56. The standard InChI is InChI=1S/C11H20N4O2/c1-5-15(7-11(2,3)17)10(16)9-8(12)6-14(4)13-9/h6,17H,5,7,12H2,1-4H3. The van der Waals surface area contributed by atoms with E-state index in [1.54, 1.807) is 27.1 Å². The summed E-state index contributed by atoms with van der Waals surface area (Å²) in [6, 6.07) is 0. The molecule has 1 rings (SSSR count). The number of carbonyl (C=O) groups excluding carboxylic acids is 1. The van der Waals surface area contributed by atoms with E-state index in [1.807, 2.05) is 6.92 Å². The molecule has 1 aromatic heterocycles. The quantitative estimate of drug-likeness (QED) is 0.789. The van der Waals surface area contributed by atoms with Crippen molar-refractivity contribution >= 4 is 11.6 Å². The molecule has 0 saturated carbocycles. The molecule has 96 valence electrons. The van der Waals surface area contributed by atoms with Crippen molar-refractivity contribution in [1.82, 2.24) is 14.7 Å². The van der Waals surface area contributed by atoms with Crippen LogP contribution in [0, 0.1) is 0 Å². The Bertz CT molecular complexity index is 406. The van der Waals surface area contributed by atoms with Gasteiger partial charge in [-0.3, -0.25) is 9.48 Å². The molecular formula is C11H20N4O2. The van der Waals surface area contributed by atoms with Crippen molar-refractivity contribution in [1.29, 1.82) is 0 Å². The third kappa shape index (κ3) is 3.45. The zero-order chi connectivity index (χ0) is 13.2. The first-order valence-electron chi connectivity index (χ1n) is 5.55. The predicted octanol–water partition coefficient (Wildman–Crippen LogP) is 0.235. The minimum atomic E-state index is -0.935. The number of nitrogens with zero attached hydrogens (tertiary/aromatic N) is 3. The Labute approximate surface area is 101 Å². The van der Waals surface area contributed by atoms with Gasteiger partial charge in [0.15, 0.2) is 5.69 Å². The van der Waals surface area contributed by atoms with Crippen molar-refractivity contribution in [3.8, 4) is 0 Å². The Morgan fingerprint density at radius 3 is 2.59 bits per heavy atom. The Morgan fingerprint density at radius 1 is 1.65 bits per heavy atom. The highest BCUT2D eigenvalue weighted by Gasteiger charge is 2.25. The summed E-state index contributed by atoms with van der Waals surface area (Å²) in [5.41, 5.74) is 5.36. The van der Waals surface area contributed by atoms with Crippen LogP contribution < -0.4 is 5.73 Å². The van der Waals surface area contributed by atoms with Crippen molar-refractivity contribution in [3.05, 3.63) is 11.9 Å². The smallest absolute Gasteiger partial charge is 0.276 e. The highest BCUT2D eigenvalue weighted by molar-refractivity contribution is 5.97.